The predicted octanol–water partition coefficient (Wildman–Crippen LogP) is 0.735. The van der Waals surface area contributed by atoms with Gasteiger partial charge in [-0.15, -0.1) is 5.10 Å². The van der Waals surface area contributed by atoms with E-state index in [4.69, 9.17) is 0 Å². The van der Waals surface area contributed by atoms with Crippen LogP contribution in [0.3, 0.4) is 0 Å². The molecule has 0 spiro atoms. The normalized spacial score (nSPS) is 17.1. The Morgan fingerprint density at radius 1 is 1.35 bits per heavy atom. The summed E-state index contributed by atoms with van der Waals surface area (Å²) in [5, 5.41) is 10.9. The minimum atomic E-state index is 0.804. The van der Waals surface area contributed by atoms with Crippen molar-refractivity contribution >= 4 is 5.95 Å². The van der Waals surface area contributed by atoms with E-state index < -0.39 is 0 Å². The van der Waals surface area contributed by atoms with Crippen molar-refractivity contribution in [2.75, 3.05) is 51.7 Å². The van der Waals surface area contributed by atoms with Gasteiger partial charge >= 0.3 is 0 Å². The quantitative estimate of drug-likeness (QED) is 0.771. The first-order chi connectivity index (χ1) is 9.69. The van der Waals surface area contributed by atoms with Crippen molar-refractivity contribution in [3.8, 4) is 0 Å². The zero-order valence-electron chi connectivity index (χ0n) is 13.0. The van der Waals surface area contributed by atoms with Crippen LogP contribution in [-0.4, -0.2) is 66.9 Å². The molecule has 0 aromatic carbocycles. The van der Waals surface area contributed by atoms with Crippen LogP contribution in [0.2, 0.25) is 0 Å². The Hall–Kier alpha value is -1.14. The fourth-order valence-electron chi connectivity index (χ4n) is 2.55. The molecule has 114 valence electrons. The van der Waals surface area contributed by atoms with E-state index in [2.05, 4.69) is 51.3 Å². The van der Waals surface area contributed by atoms with Gasteiger partial charge in [0.25, 0.3) is 0 Å². The van der Waals surface area contributed by atoms with E-state index in [1.807, 2.05) is 0 Å². The Balaban J connectivity index is 1.78. The highest BCUT2D eigenvalue weighted by Gasteiger charge is 2.21. The van der Waals surface area contributed by atoms with Crippen molar-refractivity contribution in [3.63, 3.8) is 0 Å². The molecule has 0 aliphatic carbocycles. The lowest BCUT2D eigenvalue weighted by atomic mass is 9.97. The molecule has 2 N–H and O–H groups in total. The Morgan fingerprint density at radius 2 is 2.10 bits per heavy atom. The second-order valence-electron chi connectivity index (χ2n) is 5.87. The number of aromatic amines is 1. The molecule has 1 aliphatic heterocycles. The number of anilines is 1. The summed E-state index contributed by atoms with van der Waals surface area (Å²) in [6.45, 7) is 7.52. The number of nitrogens with zero attached hydrogens (tertiary/aromatic N) is 4. The zero-order chi connectivity index (χ0) is 14.4. The second kappa shape index (κ2) is 7.59. The molecule has 6 nitrogen and oxygen atoms in total. The maximum atomic E-state index is 4.61. The summed E-state index contributed by atoms with van der Waals surface area (Å²) < 4.78 is 0. The van der Waals surface area contributed by atoms with Gasteiger partial charge in [-0.05, 0) is 45.9 Å². The second-order valence-corrected chi connectivity index (χ2v) is 5.87. The summed E-state index contributed by atoms with van der Waals surface area (Å²) >= 11 is 0. The molecule has 0 radical (unpaired) electrons. The Morgan fingerprint density at radius 3 is 2.75 bits per heavy atom. The van der Waals surface area contributed by atoms with Gasteiger partial charge in [0.1, 0.15) is 5.82 Å². The molecule has 0 atom stereocenters. The molecule has 0 amide bonds. The van der Waals surface area contributed by atoms with Gasteiger partial charge in [0.15, 0.2) is 0 Å². The Bertz CT molecular complexity index is 381. The van der Waals surface area contributed by atoms with Crippen LogP contribution >= 0.6 is 0 Å². The minimum Gasteiger partial charge on any atom is -0.340 e. The lowest BCUT2D eigenvalue weighted by Gasteiger charge is -2.31. The van der Waals surface area contributed by atoms with Crippen molar-refractivity contribution in [3.05, 3.63) is 5.82 Å². The molecule has 1 aliphatic rings. The maximum absolute atomic E-state index is 4.61. The highest BCUT2D eigenvalue weighted by Crippen LogP contribution is 2.20. The topological polar surface area (TPSA) is 60.1 Å². The van der Waals surface area contributed by atoms with Gasteiger partial charge in [-0.2, -0.15) is 4.98 Å². The van der Waals surface area contributed by atoms with E-state index in [1.165, 1.54) is 12.8 Å². The Labute approximate surface area is 121 Å². The summed E-state index contributed by atoms with van der Waals surface area (Å²) in [6.07, 6.45) is 3.39. The van der Waals surface area contributed by atoms with E-state index in [0.717, 1.165) is 56.8 Å². The lowest BCUT2D eigenvalue weighted by molar-refractivity contribution is 0.384. The molecular weight excluding hydrogens is 252 g/mol. The van der Waals surface area contributed by atoms with Crippen LogP contribution in [0.15, 0.2) is 0 Å². The van der Waals surface area contributed by atoms with Crippen molar-refractivity contribution in [1.82, 2.24) is 25.4 Å². The molecule has 6 heteroatoms. The third-order valence-electron chi connectivity index (χ3n) is 3.90. The first kappa shape index (κ1) is 15.3. The highest BCUT2D eigenvalue weighted by atomic mass is 15.4. The smallest absolute Gasteiger partial charge is 0.244 e. The molecule has 1 aromatic rings. The van der Waals surface area contributed by atoms with Gasteiger partial charge in [-0.25, -0.2) is 0 Å². The SMILES string of the molecule is CCNCC1CCN(c2n[nH]c(CCN(C)C)n2)CC1. The summed E-state index contributed by atoms with van der Waals surface area (Å²) in [5.74, 6) is 2.67. The van der Waals surface area contributed by atoms with Crippen molar-refractivity contribution < 1.29 is 0 Å². The fraction of sp³-hybridized carbons (Fsp3) is 0.857. The van der Waals surface area contributed by atoms with Crippen LogP contribution in [0.25, 0.3) is 0 Å². The molecule has 0 saturated carbocycles. The van der Waals surface area contributed by atoms with Gasteiger partial charge in [0.05, 0.1) is 0 Å². The number of piperidine rings is 1. The van der Waals surface area contributed by atoms with E-state index in [-0.39, 0.29) is 0 Å². The van der Waals surface area contributed by atoms with Gasteiger partial charge in [0, 0.05) is 26.1 Å². The largest absolute Gasteiger partial charge is 0.340 e. The first-order valence-corrected chi connectivity index (χ1v) is 7.70. The first-order valence-electron chi connectivity index (χ1n) is 7.70. The molecule has 1 saturated heterocycles. The average Bonchev–Trinajstić information content (AvgIpc) is 2.92. The van der Waals surface area contributed by atoms with E-state index in [1.54, 1.807) is 0 Å². The minimum absolute atomic E-state index is 0.804. The molecule has 2 heterocycles. The van der Waals surface area contributed by atoms with Crippen LogP contribution in [0, 0.1) is 5.92 Å². The number of hydrogen-bond acceptors (Lipinski definition) is 5. The number of rotatable bonds is 7. The van der Waals surface area contributed by atoms with Crippen LogP contribution in [0.1, 0.15) is 25.6 Å². The van der Waals surface area contributed by atoms with E-state index in [0.29, 0.717) is 0 Å². The number of H-pyrrole nitrogens is 1. The third kappa shape index (κ3) is 4.45. The third-order valence-corrected chi connectivity index (χ3v) is 3.90. The maximum Gasteiger partial charge on any atom is 0.244 e. The van der Waals surface area contributed by atoms with Crippen LogP contribution < -0.4 is 10.2 Å². The summed E-state index contributed by atoms with van der Waals surface area (Å²) in [4.78, 5) is 9.07. The van der Waals surface area contributed by atoms with Gasteiger partial charge in [-0.1, -0.05) is 6.92 Å². The molecule has 20 heavy (non-hydrogen) atoms. The van der Waals surface area contributed by atoms with Crippen LogP contribution in [0.4, 0.5) is 5.95 Å². The molecular formula is C14H28N6. The standard InChI is InChI=1S/C14H28N6/c1-4-15-11-12-5-9-20(10-6-12)14-16-13(17-18-14)7-8-19(2)3/h12,15H,4-11H2,1-3H3,(H,16,17,18). The zero-order valence-corrected chi connectivity index (χ0v) is 13.0. The highest BCUT2D eigenvalue weighted by molar-refractivity contribution is 5.29. The Kier molecular flexibility index (Phi) is 5.79. The molecule has 0 bridgehead atoms. The van der Waals surface area contributed by atoms with Gasteiger partial charge in [-0.3, -0.25) is 5.10 Å². The predicted molar refractivity (Wildman–Crippen MR) is 82.1 cm³/mol. The van der Waals surface area contributed by atoms with E-state index >= 15 is 0 Å². The molecule has 1 aromatic heterocycles. The lowest BCUT2D eigenvalue weighted by Crippen LogP contribution is -2.37. The summed E-state index contributed by atoms with van der Waals surface area (Å²) in [5.41, 5.74) is 0. The number of hydrogen-bond donors (Lipinski definition) is 2. The molecule has 0 unspecified atom stereocenters. The van der Waals surface area contributed by atoms with Gasteiger partial charge < -0.3 is 15.1 Å². The number of aromatic nitrogens is 3. The number of nitrogens with one attached hydrogen (secondary N) is 2. The summed E-state index contributed by atoms with van der Waals surface area (Å²) in [6, 6.07) is 0. The van der Waals surface area contributed by atoms with Crippen molar-refractivity contribution in [1.29, 1.82) is 0 Å². The average molecular weight is 280 g/mol. The van der Waals surface area contributed by atoms with Gasteiger partial charge in [0.2, 0.25) is 5.95 Å². The van der Waals surface area contributed by atoms with Crippen molar-refractivity contribution in [2.45, 2.75) is 26.2 Å². The monoisotopic (exact) mass is 280 g/mol. The van der Waals surface area contributed by atoms with Crippen LogP contribution in [0.5, 0.6) is 0 Å². The van der Waals surface area contributed by atoms with Crippen molar-refractivity contribution in [2.24, 2.45) is 5.92 Å². The van der Waals surface area contributed by atoms with E-state index in [9.17, 15) is 0 Å². The molecule has 1 fully saturated rings. The fourth-order valence-corrected chi connectivity index (χ4v) is 2.55. The summed E-state index contributed by atoms with van der Waals surface area (Å²) in [7, 11) is 4.15. The van der Waals surface area contributed by atoms with Crippen LogP contribution in [-0.2, 0) is 6.42 Å². The number of likely N-dealkylation sites (N-methyl/N-ethyl adjacent to an activating group) is 1. The molecule has 2 rings (SSSR count).